The molecule has 0 aromatic heterocycles. The molecule has 0 aromatic rings. The van der Waals surface area contributed by atoms with E-state index in [1.165, 1.54) is 45.1 Å². The van der Waals surface area contributed by atoms with Crippen LogP contribution < -0.4 is 0 Å². The van der Waals surface area contributed by atoms with E-state index in [2.05, 4.69) is 14.7 Å². The molecule has 0 aromatic carbocycles. The SMILES string of the molecule is O=C(N1CCCCCC1)N1CCN2CCCC2C1. The first kappa shape index (κ1) is 12.3. The van der Waals surface area contributed by atoms with Gasteiger partial charge >= 0.3 is 6.03 Å². The van der Waals surface area contributed by atoms with Gasteiger partial charge in [-0.05, 0) is 32.2 Å². The van der Waals surface area contributed by atoms with Gasteiger partial charge in [0.25, 0.3) is 0 Å². The van der Waals surface area contributed by atoms with Crippen molar-refractivity contribution in [2.75, 3.05) is 39.3 Å². The Bertz CT molecular complexity index is 299. The third-order valence-corrected chi connectivity index (χ3v) is 4.73. The first-order valence-corrected chi connectivity index (χ1v) is 7.62. The number of rotatable bonds is 0. The molecule has 102 valence electrons. The fraction of sp³-hybridized carbons (Fsp3) is 0.929. The summed E-state index contributed by atoms with van der Waals surface area (Å²) in [5.41, 5.74) is 0. The Morgan fingerprint density at radius 1 is 0.778 bits per heavy atom. The minimum absolute atomic E-state index is 0.309. The van der Waals surface area contributed by atoms with Gasteiger partial charge in [0.05, 0.1) is 0 Å². The number of hydrogen-bond acceptors (Lipinski definition) is 2. The molecular weight excluding hydrogens is 226 g/mol. The molecule has 0 saturated carbocycles. The van der Waals surface area contributed by atoms with E-state index in [-0.39, 0.29) is 0 Å². The number of piperazine rings is 1. The lowest BCUT2D eigenvalue weighted by atomic mass is 10.1. The van der Waals surface area contributed by atoms with Gasteiger partial charge in [0, 0.05) is 38.8 Å². The van der Waals surface area contributed by atoms with Gasteiger partial charge in [-0.1, -0.05) is 12.8 Å². The molecule has 1 atom stereocenters. The van der Waals surface area contributed by atoms with Crippen LogP contribution in [0.3, 0.4) is 0 Å². The first-order chi connectivity index (χ1) is 8.84. The monoisotopic (exact) mass is 251 g/mol. The molecule has 3 aliphatic heterocycles. The number of carbonyl (C=O) groups is 1. The molecule has 3 heterocycles. The highest BCUT2D eigenvalue weighted by Gasteiger charge is 2.33. The highest BCUT2D eigenvalue weighted by molar-refractivity contribution is 5.74. The fourth-order valence-electron chi connectivity index (χ4n) is 3.63. The number of urea groups is 1. The van der Waals surface area contributed by atoms with Crippen molar-refractivity contribution in [2.24, 2.45) is 0 Å². The van der Waals surface area contributed by atoms with Gasteiger partial charge in [-0.3, -0.25) is 4.90 Å². The van der Waals surface area contributed by atoms with Crippen molar-refractivity contribution in [3.8, 4) is 0 Å². The van der Waals surface area contributed by atoms with E-state index >= 15 is 0 Å². The maximum atomic E-state index is 12.5. The number of carbonyl (C=O) groups excluding carboxylic acids is 1. The Morgan fingerprint density at radius 3 is 2.33 bits per heavy atom. The second kappa shape index (κ2) is 5.47. The van der Waals surface area contributed by atoms with Crippen molar-refractivity contribution in [1.29, 1.82) is 0 Å². The van der Waals surface area contributed by atoms with Gasteiger partial charge in [0.1, 0.15) is 0 Å². The quantitative estimate of drug-likeness (QED) is 0.656. The average molecular weight is 251 g/mol. The number of nitrogens with zero attached hydrogens (tertiary/aromatic N) is 3. The van der Waals surface area contributed by atoms with E-state index in [4.69, 9.17) is 0 Å². The molecule has 18 heavy (non-hydrogen) atoms. The van der Waals surface area contributed by atoms with E-state index in [0.29, 0.717) is 12.1 Å². The van der Waals surface area contributed by atoms with E-state index < -0.39 is 0 Å². The standard InChI is InChI=1S/C14H25N3O/c18-14(16-7-3-1-2-4-8-16)17-11-10-15-9-5-6-13(15)12-17/h13H,1-12H2. The summed E-state index contributed by atoms with van der Waals surface area (Å²) in [5.74, 6) is 0. The summed E-state index contributed by atoms with van der Waals surface area (Å²) in [4.78, 5) is 19.3. The Kier molecular flexibility index (Phi) is 3.73. The first-order valence-electron chi connectivity index (χ1n) is 7.62. The lowest BCUT2D eigenvalue weighted by Crippen LogP contribution is -2.55. The highest BCUT2D eigenvalue weighted by atomic mass is 16.2. The van der Waals surface area contributed by atoms with Crippen LogP contribution in [0.15, 0.2) is 0 Å². The second-order valence-electron chi connectivity index (χ2n) is 5.96. The van der Waals surface area contributed by atoms with Gasteiger partial charge < -0.3 is 9.80 Å². The minimum atomic E-state index is 0.309. The summed E-state index contributed by atoms with van der Waals surface area (Å²) in [6.07, 6.45) is 7.56. The number of amides is 2. The van der Waals surface area contributed by atoms with Crippen molar-refractivity contribution in [3.63, 3.8) is 0 Å². The van der Waals surface area contributed by atoms with Gasteiger partial charge in [0.2, 0.25) is 0 Å². The van der Waals surface area contributed by atoms with Crippen LogP contribution in [0.25, 0.3) is 0 Å². The van der Waals surface area contributed by atoms with Crippen molar-refractivity contribution < 1.29 is 4.79 Å². The van der Waals surface area contributed by atoms with Crippen LogP contribution in [0.1, 0.15) is 38.5 Å². The van der Waals surface area contributed by atoms with Crippen molar-refractivity contribution in [1.82, 2.24) is 14.7 Å². The molecule has 3 rings (SSSR count). The molecule has 2 amide bonds. The Balaban J connectivity index is 1.58. The molecule has 0 bridgehead atoms. The highest BCUT2D eigenvalue weighted by Crippen LogP contribution is 2.22. The summed E-state index contributed by atoms with van der Waals surface area (Å²) in [6, 6.07) is 0.957. The zero-order valence-corrected chi connectivity index (χ0v) is 11.3. The second-order valence-corrected chi connectivity index (χ2v) is 5.96. The van der Waals surface area contributed by atoms with Crippen molar-refractivity contribution in [3.05, 3.63) is 0 Å². The van der Waals surface area contributed by atoms with Crippen molar-refractivity contribution in [2.45, 2.75) is 44.6 Å². The van der Waals surface area contributed by atoms with Crippen LogP contribution >= 0.6 is 0 Å². The normalized spacial score (nSPS) is 30.1. The molecule has 3 saturated heterocycles. The maximum absolute atomic E-state index is 12.5. The van der Waals surface area contributed by atoms with E-state index in [1.54, 1.807) is 0 Å². The average Bonchev–Trinajstić information content (AvgIpc) is 2.69. The minimum Gasteiger partial charge on any atom is -0.325 e. The van der Waals surface area contributed by atoms with Gasteiger partial charge in [0.15, 0.2) is 0 Å². The molecule has 1 unspecified atom stereocenters. The molecule has 0 N–H and O–H groups in total. The molecule has 0 spiro atoms. The van der Waals surface area contributed by atoms with Gasteiger partial charge in [-0.15, -0.1) is 0 Å². The predicted molar refractivity (Wildman–Crippen MR) is 71.6 cm³/mol. The molecule has 3 aliphatic rings. The lowest BCUT2D eigenvalue weighted by molar-refractivity contribution is 0.0961. The van der Waals surface area contributed by atoms with E-state index in [1.807, 2.05) is 0 Å². The van der Waals surface area contributed by atoms with Gasteiger partial charge in [-0.25, -0.2) is 4.79 Å². The third-order valence-electron chi connectivity index (χ3n) is 4.73. The molecule has 4 heteroatoms. The molecular formula is C14H25N3O. The number of hydrogen-bond donors (Lipinski definition) is 0. The maximum Gasteiger partial charge on any atom is 0.320 e. The zero-order chi connectivity index (χ0) is 12.4. The van der Waals surface area contributed by atoms with E-state index in [9.17, 15) is 4.79 Å². The van der Waals surface area contributed by atoms with Gasteiger partial charge in [-0.2, -0.15) is 0 Å². The molecule has 0 aliphatic carbocycles. The van der Waals surface area contributed by atoms with Crippen LogP contribution in [-0.4, -0.2) is 66.0 Å². The van der Waals surface area contributed by atoms with Crippen LogP contribution in [0, 0.1) is 0 Å². The Morgan fingerprint density at radius 2 is 1.56 bits per heavy atom. The Hall–Kier alpha value is -0.770. The largest absolute Gasteiger partial charge is 0.325 e. The summed E-state index contributed by atoms with van der Waals surface area (Å²) in [7, 11) is 0. The Labute approximate surface area is 110 Å². The summed E-state index contributed by atoms with van der Waals surface area (Å²) in [6.45, 7) is 6.19. The van der Waals surface area contributed by atoms with Crippen LogP contribution in [0.2, 0.25) is 0 Å². The number of fused-ring (bicyclic) bond motifs is 1. The molecule has 0 radical (unpaired) electrons. The fourth-order valence-corrected chi connectivity index (χ4v) is 3.63. The van der Waals surface area contributed by atoms with Crippen LogP contribution in [0.5, 0.6) is 0 Å². The summed E-state index contributed by atoms with van der Waals surface area (Å²) in [5, 5.41) is 0. The smallest absolute Gasteiger partial charge is 0.320 e. The summed E-state index contributed by atoms with van der Waals surface area (Å²) < 4.78 is 0. The molecule has 4 nitrogen and oxygen atoms in total. The summed E-state index contributed by atoms with van der Waals surface area (Å²) >= 11 is 0. The topological polar surface area (TPSA) is 26.8 Å². The van der Waals surface area contributed by atoms with E-state index in [0.717, 1.165) is 32.7 Å². The van der Waals surface area contributed by atoms with Crippen LogP contribution in [0.4, 0.5) is 4.79 Å². The lowest BCUT2D eigenvalue weighted by Gasteiger charge is -2.39. The zero-order valence-electron chi connectivity index (χ0n) is 11.3. The number of likely N-dealkylation sites (tertiary alicyclic amines) is 1. The van der Waals surface area contributed by atoms with Crippen LogP contribution in [-0.2, 0) is 0 Å². The molecule has 3 fully saturated rings. The van der Waals surface area contributed by atoms with Crippen molar-refractivity contribution >= 4 is 6.03 Å². The predicted octanol–water partition coefficient (Wildman–Crippen LogP) is 1.76. The third kappa shape index (κ3) is 2.48.